The number of amides is 1. The first-order valence-corrected chi connectivity index (χ1v) is 9.12. The van der Waals surface area contributed by atoms with Crippen LogP contribution >= 0.6 is 35.0 Å². The second-order valence-electron chi connectivity index (χ2n) is 4.93. The fourth-order valence-electron chi connectivity index (χ4n) is 1.96. The van der Waals surface area contributed by atoms with Crippen LogP contribution in [0.1, 0.15) is 5.56 Å². The maximum Gasteiger partial charge on any atom is 0.250 e. The van der Waals surface area contributed by atoms with Crippen molar-refractivity contribution in [3.8, 4) is 5.69 Å². The van der Waals surface area contributed by atoms with Gasteiger partial charge in [-0.25, -0.2) is 5.43 Å². The number of carbonyl (C=O) groups is 1. The van der Waals surface area contributed by atoms with E-state index in [2.05, 4.69) is 26.1 Å². The highest BCUT2D eigenvalue weighted by molar-refractivity contribution is 7.99. The van der Waals surface area contributed by atoms with Crippen molar-refractivity contribution in [2.45, 2.75) is 5.16 Å². The predicted octanol–water partition coefficient (Wildman–Crippen LogP) is 3.21. The molecule has 0 unspecified atom stereocenters. The average molecular weight is 407 g/mol. The molecule has 0 radical (unpaired) electrons. The van der Waals surface area contributed by atoms with Crippen LogP contribution in [0.25, 0.3) is 5.69 Å². The number of aromatic nitrogens is 4. The van der Waals surface area contributed by atoms with Crippen molar-refractivity contribution in [3.05, 3.63) is 64.1 Å². The second-order valence-corrected chi connectivity index (χ2v) is 6.66. The van der Waals surface area contributed by atoms with Gasteiger partial charge in [-0.1, -0.05) is 65.3 Å². The smallest absolute Gasteiger partial charge is 0.250 e. The number of halogens is 2. The Morgan fingerprint density at radius 3 is 2.81 bits per heavy atom. The van der Waals surface area contributed by atoms with Gasteiger partial charge in [-0.15, -0.1) is 5.10 Å². The molecule has 0 bridgehead atoms. The molecule has 0 aliphatic rings. The van der Waals surface area contributed by atoms with E-state index >= 15 is 0 Å². The van der Waals surface area contributed by atoms with Crippen LogP contribution in [0, 0.1) is 0 Å². The molecule has 0 saturated heterocycles. The first kappa shape index (κ1) is 18.4. The Labute approximate surface area is 163 Å². The van der Waals surface area contributed by atoms with Gasteiger partial charge >= 0.3 is 0 Å². The monoisotopic (exact) mass is 406 g/mol. The number of carbonyl (C=O) groups excluding carboxylic acids is 1. The first-order chi connectivity index (χ1) is 12.6. The van der Waals surface area contributed by atoms with Crippen molar-refractivity contribution in [2.75, 3.05) is 5.75 Å². The van der Waals surface area contributed by atoms with Crippen molar-refractivity contribution < 1.29 is 4.79 Å². The summed E-state index contributed by atoms with van der Waals surface area (Å²) in [4.78, 5) is 11.9. The predicted molar refractivity (Wildman–Crippen MR) is 102 cm³/mol. The van der Waals surface area contributed by atoms with E-state index in [1.54, 1.807) is 22.9 Å². The highest BCUT2D eigenvalue weighted by Crippen LogP contribution is 2.24. The molecule has 2 aromatic carbocycles. The van der Waals surface area contributed by atoms with E-state index in [4.69, 9.17) is 23.2 Å². The van der Waals surface area contributed by atoms with Gasteiger partial charge in [-0.05, 0) is 28.6 Å². The van der Waals surface area contributed by atoms with Gasteiger partial charge in [0.25, 0.3) is 5.91 Å². The largest absolute Gasteiger partial charge is 0.272 e. The van der Waals surface area contributed by atoms with E-state index in [1.165, 1.54) is 18.0 Å². The SMILES string of the molecule is O=C(CSc1nnnn1-c1ccccc1)NN=Cc1cccc(Cl)c1Cl. The Morgan fingerprint density at radius 1 is 1.19 bits per heavy atom. The van der Waals surface area contributed by atoms with E-state index in [0.717, 1.165) is 5.69 Å². The third-order valence-electron chi connectivity index (χ3n) is 3.15. The molecule has 0 atom stereocenters. The summed E-state index contributed by atoms with van der Waals surface area (Å²) < 4.78 is 1.56. The van der Waals surface area contributed by atoms with Crippen molar-refractivity contribution in [1.82, 2.24) is 25.6 Å². The minimum Gasteiger partial charge on any atom is -0.272 e. The minimum atomic E-state index is -0.299. The zero-order valence-corrected chi connectivity index (χ0v) is 15.5. The lowest BCUT2D eigenvalue weighted by Gasteiger charge is -2.03. The average Bonchev–Trinajstić information content (AvgIpc) is 3.13. The summed E-state index contributed by atoms with van der Waals surface area (Å²) in [6.07, 6.45) is 1.44. The van der Waals surface area contributed by atoms with Crippen LogP contribution in [0.3, 0.4) is 0 Å². The molecule has 10 heteroatoms. The minimum absolute atomic E-state index is 0.105. The van der Waals surface area contributed by atoms with Gasteiger partial charge in [0.2, 0.25) is 5.16 Å². The molecule has 132 valence electrons. The highest BCUT2D eigenvalue weighted by atomic mass is 35.5. The van der Waals surface area contributed by atoms with E-state index in [1.807, 2.05) is 30.3 Å². The quantitative estimate of drug-likeness (QED) is 0.385. The van der Waals surface area contributed by atoms with E-state index < -0.39 is 0 Å². The summed E-state index contributed by atoms with van der Waals surface area (Å²) in [5.41, 5.74) is 3.85. The van der Waals surface area contributed by atoms with Crippen molar-refractivity contribution >= 4 is 47.1 Å². The Hall–Kier alpha value is -2.42. The van der Waals surface area contributed by atoms with Crippen LogP contribution < -0.4 is 5.43 Å². The Balaban J connectivity index is 1.56. The van der Waals surface area contributed by atoms with E-state index in [-0.39, 0.29) is 11.7 Å². The van der Waals surface area contributed by atoms with Gasteiger partial charge in [0, 0.05) is 5.56 Å². The van der Waals surface area contributed by atoms with Gasteiger partial charge < -0.3 is 0 Å². The molecule has 7 nitrogen and oxygen atoms in total. The molecular weight excluding hydrogens is 395 g/mol. The first-order valence-electron chi connectivity index (χ1n) is 7.37. The summed E-state index contributed by atoms with van der Waals surface area (Å²) in [7, 11) is 0. The van der Waals surface area contributed by atoms with E-state index in [0.29, 0.717) is 20.8 Å². The van der Waals surface area contributed by atoms with Crippen molar-refractivity contribution in [2.24, 2.45) is 5.10 Å². The van der Waals surface area contributed by atoms with Gasteiger partial charge in [-0.3, -0.25) is 4.79 Å². The molecule has 0 fully saturated rings. The van der Waals surface area contributed by atoms with Gasteiger partial charge in [0.1, 0.15) is 0 Å². The molecule has 1 heterocycles. The van der Waals surface area contributed by atoms with Crippen molar-refractivity contribution in [1.29, 1.82) is 0 Å². The van der Waals surface area contributed by atoms with Crippen LogP contribution in [0.5, 0.6) is 0 Å². The molecule has 0 saturated carbocycles. The number of hydrogen-bond donors (Lipinski definition) is 1. The number of tetrazole rings is 1. The maximum absolute atomic E-state index is 11.9. The lowest BCUT2D eigenvalue weighted by atomic mass is 10.2. The number of para-hydroxylation sites is 1. The van der Waals surface area contributed by atoms with Gasteiger partial charge in [0.15, 0.2) is 0 Å². The summed E-state index contributed by atoms with van der Waals surface area (Å²) in [6.45, 7) is 0. The molecule has 3 rings (SSSR count). The van der Waals surface area contributed by atoms with E-state index in [9.17, 15) is 4.79 Å². The maximum atomic E-state index is 11.9. The topological polar surface area (TPSA) is 85.1 Å². The Bertz CT molecular complexity index is 931. The molecular formula is C16H12Cl2N6OS. The number of hydrogen-bond acceptors (Lipinski definition) is 6. The zero-order chi connectivity index (χ0) is 18.4. The number of hydrazone groups is 1. The summed E-state index contributed by atoms with van der Waals surface area (Å²) in [5.74, 6) is -0.194. The molecule has 1 aromatic heterocycles. The van der Waals surface area contributed by atoms with Crippen LogP contribution in [0.15, 0.2) is 58.8 Å². The standard InChI is InChI=1S/C16H12Cl2N6OS/c17-13-8-4-5-11(15(13)18)9-19-20-14(25)10-26-16-21-22-23-24(16)12-6-2-1-3-7-12/h1-9H,10H2,(H,20,25). The summed E-state index contributed by atoms with van der Waals surface area (Å²) in [6, 6.07) is 14.6. The highest BCUT2D eigenvalue weighted by Gasteiger charge is 2.11. The third-order valence-corrected chi connectivity index (χ3v) is 4.90. The number of rotatable bonds is 6. The number of benzene rings is 2. The fourth-order valence-corrected chi connectivity index (χ4v) is 3.00. The molecule has 26 heavy (non-hydrogen) atoms. The van der Waals surface area contributed by atoms with Crippen LogP contribution in [-0.2, 0) is 4.79 Å². The normalized spacial score (nSPS) is 11.0. The molecule has 1 N–H and O–H groups in total. The summed E-state index contributed by atoms with van der Waals surface area (Å²) in [5, 5.41) is 16.7. The molecule has 0 spiro atoms. The molecule has 3 aromatic rings. The van der Waals surface area contributed by atoms with Gasteiger partial charge in [-0.2, -0.15) is 9.78 Å². The summed E-state index contributed by atoms with van der Waals surface area (Å²) >= 11 is 13.2. The van der Waals surface area contributed by atoms with Crippen LogP contribution in [0.2, 0.25) is 10.0 Å². The molecule has 1 amide bonds. The lowest BCUT2D eigenvalue weighted by Crippen LogP contribution is -2.20. The number of nitrogens with zero attached hydrogens (tertiary/aromatic N) is 5. The number of nitrogens with one attached hydrogen (secondary N) is 1. The lowest BCUT2D eigenvalue weighted by molar-refractivity contribution is -0.118. The zero-order valence-electron chi connectivity index (χ0n) is 13.2. The van der Waals surface area contributed by atoms with Crippen molar-refractivity contribution in [3.63, 3.8) is 0 Å². The number of thioether (sulfide) groups is 1. The van der Waals surface area contributed by atoms with Crippen LogP contribution in [-0.4, -0.2) is 38.1 Å². The Kier molecular flexibility index (Phi) is 6.21. The molecule has 0 aliphatic carbocycles. The van der Waals surface area contributed by atoms with Crippen LogP contribution in [0.4, 0.5) is 0 Å². The Morgan fingerprint density at radius 2 is 2.00 bits per heavy atom. The molecule has 0 aliphatic heterocycles. The second kappa shape index (κ2) is 8.79. The third kappa shape index (κ3) is 4.60. The van der Waals surface area contributed by atoms with Gasteiger partial charge in [0.05, 0.1) is 27.7 Å². The fraction of sp³-hybridized carbons (Fsp3) is 0.0625.